The average molecular weight is 220 g/mol. The number of rotatable bonds is 3. The number of aliphatic hydroxyl groups is 1. The molecule has 1 aromatic heterocycles. The lowest BCUT2D eigenvalue weighted by atomic mass is 9.89. The van der Waals surface area contributed by atoms with Gasteiger partial charge in [0.15, 0.2) is 0 Å². The SMILES string of the molecule is Nc1cc(NC2CC(O)C2)nc(C2CC2)n1. The molecule has 0 unspecified atom stereocenters. The van der Waals surface area contributed by atoms with Gasteiger partial charge in [-0.1, -0.05) is 0 Å². The fraction of sp³-hybridized carbons (Fsp3) is 0.636. The summed E-state index contributed by atoms with van der Waals surface area (Å²) in [4.78, 5) is 8.70. The molecule has 3 rings (SSSR count). The fourth-order valence-corrected chi connectivity index (χ4v) is 2.00. The van der Waals surface area contributed by atoms with E-state index < -0.39 is 0 Å². The number of nitrogens with two attached hydrogens (primary N) is 1. The van der Waals surface area contributed by atoms with Gasteiger partial charge in [-0.25, -0.2) is 9.97 Å². The largest absolute Gasteiger partial charge is 0.393 e. The van der Waals surface area contributed by atoms with Gasteiger partial charge in [0.2, 0.25) is 0 Å². The number of anilines is 2. The molecular formula is C11H16N4O. The van der Waals surface area contributed by atoms with Crippen molar-refractivity contribution in [3.05, 3.63) is 11.9 Å². The van der Waals surface area contributed by atoms with Crippen molar-refractivity contribution in [2.75, 3.05) is 11.1 Å². The molecule has 4 N–H and O–H groups in total. The molecule has 0 amide bonds. The molecule has 2 fully saturated rings. The van der Waals surface area contributed by atoms with Gasteiger partial charge < -0.3 is 16.2 Å². The molecule has 86 valence electrons. The van der Waals surface area contributed by atoms with Gasteiger partial charge in [0, 0.05) is 18.0 Å². The minimum Gasteiger partial charge on any atom is -0.393 e. The summed E-state index contributed by atoms with van der Waals surface area (Å²) in [6.07, 6.45) is 3.78. The first-order valence-electron chi connectivity index (χ1n) is 5.80. The van der Waals surface area contributed by atoms with Gasteiger partial charge in [-0.2, -0.15) is 0 Å². The Bertz CT molecular complexity index is 399. The van der Waals surface area contributed by atoms with Gasteiger partial charge in [-0.05, 0) is 25.7 Å². The predicted molar refractivity (Wildman–Crippen MR) is 61.1 cm³/mol. The van der Waals surface area contributed by atoms with Gasteiger partial charge >= 0.3 is 0 Å². The van der Waals surface area contributed by atoms with Crippen LogP contribution in [0.5, 0.6) is 0 Å². The van der Waals surface area contributed by atoms with Crippen LogP contribution in [0.15, 0.2) is 6.07 Å². The van der Waals surface area contributed by atoms with Crippen LogP contribution in [0.4, 0.5) is 11.6 Å². The number of aromatic nitrogens is 2. The third-order valence-electron chi connectivity index (χ3n) is 3.17. The summed E-state index contributed by atoms with van der Waals surface area (Å²) >= 11 is 0. The van der Waals surface area contributed by atoms with E-state index in [1.807, 2.05) is 0 Å². The Hall–Kier alpha value is -1.36. The number of aliphatic hydroxyl groups excluding tert-OH is 1. The number of nitrogen functional groups attached to an aromatic ring is 1. The Labute approximate surface area is 94.1 Å². The fourth-order valence-electron chi connectivity index (χ4n) is 2.00. The van der Waals surface area contributed by atoms with Crippen LogP contribution in [-0.2, 0) is 0 Å². The van der Waals surface area contributed by atoms with Crippen molar-refractivity contribution in [2.24, 2.45) is 0 Å². The van der Waals surface area contributed by atoms with E-state index in [1.165, 1.54) is 12.8 Å². The lowest BCUT2D eigenvalue weighted by Crippen LogP contribution is -2.39. The quantitative estimate of drug-likeness (QED) is 0.704. The monoisotopic (exact) mass is 220 g/mol. The van der Waals surface area contributed by atoms with E-state index in [-0.39, 0.29) is 6.10 Å². The van der Waals surface area contributed by atoms with E-state index in [4.69, 9.17) is 5.73 Å². The predicted octanol–water partition coefficient (Wildman–Crippen LogP) is 0.871. The van der Waals surface area contributed by atoms with Gasteiger partial charge in [0.1, 0.15) is 17.5 Å². The first kappa shape index (κ1) is 9.84. The molecular weight excluding hydrogens is 204 g/mol. The zero-order valence-electron chi connectivity index (χ0n) is 9.06. The van der Waals surface area contributed by atoms with Crippen LogP contribution in [0.1, 0.15) is 37.4 Å². The Morgan fingerprint density at radius 3 is 2.69 bits per heavy atom. The van der Waals surface area contributed by atoms with Crippen LogP contribution in [0.2, 0.25) is 0 Å². The van der Waals surface area contributed by atoms with E-state index in [2.05, 4.69) is 15.3 Å². The Balaban J connectivity index is 1.73. The zero-order chi connectivity index (χ0) is 11.1. The Morgan fingerprint density at radius 2 is 2.06 bits per heavy atom. The molecule has 1 aromatic rings. The summed E-state index contributed by atoms with van der Waals surface area (Å²) in [6.45, 7) is 0. The van der Waals surface area contributed by atoms with E-state index in [1.54, 1.807) is 6.07 Å². The molecule has 1 heterocycles. The average Bonchev–Trinajstić information content (AvgIpc) is 2.97. The molecule has 2 saturated carbocycles. The molecule has 0 atom stereocenters. The second-order valence-corrected chi connectivity index (χ2v) is 4.78. The third kappa shape index (κ3) is 1.95. The maximum absolute atomic E-state index is 9.21. The summed E-state index contributed by atoms with van der Waals surface area (Å²) in [5.41, 5.74) is 5.75. The maximum atomic E-state index is 9.21. The maximum Gasteiger partial charge on any atom is 0.136 e. The van der Waals surface area contributed by atoms with Crippen LogP contribution < -0.4 is 11.1 Å². The van der Waals surface area contributed by atoms with Crippen molar-refractivity contribution in [1.29, 1.82) is 0 Å². The molecule has 0 bridgehead atoms. The van der Waals surface area contributed by atoms with E-state index in [9.17, 15) is 5.11 Å². The first-order valence-corrected chi connectivity index (χ1v) is 5.80. The third-order valence-corrected chi connectivity index (χ3v) is 3.17. The number of nitrogens with one attached hydrogen (secondary N) is 1. The van der Waals surface area contributed by atoms with E-state index in [0.29, 0.717) is 17.8 Å². The summed E-state index contributed by atoms with van der Waals surface area (Å²) in [5.74, 6) is 2.70. The van der Waals surface area contributed by atoms with Gasteiger partial charge in [-0.3, -0.25) is 0 Å². The highest BCUT2D eigenvalue weighted by Gasteiger charge is 2.29. The van der Waals surface area contributed by atoms with Crippen molar-refractivity contribution in [1.82, 2.24) is 9.97 Å². The van der Waals surface area contributed by atoms with Crippen LogP contribution in [0.3, 0.4) is 0 Å². The highest BCUT2D eigenvalue weighted by Crippen LogP contribution is 2.38. The van der Waals surface area contributed by atoms with Crippen LogP contribution in [0, 0.1) is 0 Å². The van der Waals surface area contributed by atoms with Gasteiger partial charge in [0.05, 0.1) is 6.10 Å². The molecule has 5 heteroatoms. The van der Waals surface area contributed by atoms with Crippen molar-refractivity contribution in [2.45, 2.75) is 43.7 Å². The minimum absolute atomic E-state index is 0.153. The van der Waals surface area contributed by atoms with Crippen molar-refractivity contribution in [3.63, 3.8) is 0 Å². The summed E-state index contributed by atoms with van der Waals surface area (Å²) in [6, 6.07) is 2.09. The smallest absolute Gasteiger partial charge is 0.136 e. The zero-order valence-corrected chi connectivity index (χ0v) is 9.06. The molecule has 2 aliphatic rings. The highest BCUT2D eigenvalue weighted by atomic mass is 16.3. The normalized spacial score (nSPS) is 28.6. The lowest BCUT2D eigenvalue weighted by molar-refractivity contribution is 0.0835. The number of nitrogens with zero attached hydrogens (tertiary/aromatic N) is 2. The van der Waals surface area contributed by atoms with Crippen LogP contribution in [-0.4, -0.2) is 27.2 Å². The van der Waals surface area contributed by atoms with Crippen LogP contribution in [0.25, 0.3) is 0 Å². The molecule has 2 aliphatic carbocycles. The first-order chi connectivity index (χ1) is 7.70. The van der Waals surface area contributed by atoms with Crippen molar-refractivity contribution >= 4 is 11.6 Å². The van der Waals surface area contributed by atoms with Gasteiger partial charge in [0.25, 0.3) is 0 Å². The molecule has 0 aliphatic heterocycles. The highest BCUT2D eigenvalue weighted by molar-refractivity contribution is 5.46. The van der Waals surface area contributed by atoms with E-state index in [0.717, 1.165) is 24.5 Å². The second-order valence-electron chi connectivity index (χ2n) is 4.78. The molecule has 0 saturated heterocycles. The molecule has 0 radical (unpaired) electrons. The Kier molecular flexibility index (Phi) is 2.21. The van der Waals surface area contributed by atoms with Crippen LogP contribution >= 0.6 is 0 Å². The summed E-state index contributed by atoms with van der Waals surface area (Å²) in [7, 11) is 0. The Morgan fingerprint density at radius 1 is 1.31 bits per heavy atom. The topological polar surface area (TPSA) is 84.1 Å². The van der Waals surface area contributed by atoms with Crippen molar-refractivity contribution < 1.29 is 5.11 Å². The standard InChI is InChI=1S/C11H16N4O/c12-9-5-10(13-7-3-8(16)4-7)15-11(14-9)6-1-2-6/h5-8,16H,1-4H2,(H3,12,13,14,15). The molecule has 0 spiro atoms. The van der Waals surface area contributed by atoms with E-state index >= 15 is 0 Å². The van der Waals surface area contributed by atoms with Gasteiger partial charge in [-0.15, -0.1) is 0 Å². The number of hydrogen-bond donors (Lipinski definition) is 3. The number of hydrogen-bond acceptors (Lipinski definition) is 5. The minimum atomic E-state index is -0.153. The summed E-state index contributed by atoms with van der Waals surface area (Å²) < 4.78 is 0. The molecule has 16 heavy (non-hydrogen) atoms. The molecule has 0 aromatic carbocycles. The second kappa shape index (κ2) is 3.59. The molecule has 5 nitrogen and oxygen atoms in total. The summed E-state index contributed by atoms with van der Waals surface area (Å²) in [5, 5.41) is 12.5. The van der Waals surface area contributed by atoms with Crippen molar-refractivity contribution in [3.8, 4) is 0 Å². The lowest BCUT2D eigenvalue weighted by Gasteiger charge is -2.32.